The zero-order valence-electron chi connectivity index (χ0n) is 27.5. The van der Waals surface area contributed by atoms with Crippen LogP contribution in [0.15, 0.2) is 77.7 Å². The summed E-state index contributed by atoms with van der Waals surface area (Å²) in [6, 6.07) is 24.9. The van der Waals surface area contributed by atoms with Gasteiger partial charge in [0.15, 0.2) is 9.84 Å². The highest BCUT2D eigenvalue weighted by Crippen LogP contribution is 2.36. The van der Waals surface area contributed by atoms with Gasteiger partial charge in [0.25, 0.3) is 0 Å². The van der Waals surface area contributed by atoms with Crippen molar-refractivity contribution in [1.29, 1.82) is 0 Å². The molecule has 0 amide bonds. The molecule has 0 saturated carbocycles. The number of anilines is 3. The lowest BCUT2D eigenvalue weighted by Gasteiger charge is -2.41. The minimum Gasteiger partial charge on any atom is -0.381 e. The molecular weight excluding hydrogens is 609 g/mol. The molecule has 0 spiro atoms. The fourth-order valence-electron chi connectivity index (χ4n) is 6.96. The van der Waals surface area contributed by atoms with Crippen LogP contribution in [0.1, 0.15) is 24.1 Å². The van der Waals surface area contributed by atoms with E-state index in [1.165, 1.54) is 11.9 Å². The maximum absolute atomic E-state index is 12.1. The number of nitrogens with one attached hydrogen (secondary N) is 1. The summed E-state index contributed by atoms with van der Waals surface area (Å²) in [5.41, 5.74) is 8.99. The topological polar surface area (TPSA) is 92.6 Å². The first-order chi connectivity index (χ1) is 22.6. The molecule has 47 heavy (non-hydrogen) atoms. The summed E-state index contributed by atoms with van der Waals surface area (Å²) < 4.78 is 31.8. The van der Waals surface area contributed by atoms with Crippen molar-refractivity contribution in [3.05, 3.63) is 84.1 Å². The van der Waals surface area contributed by atoms with E-state index < -0.39 is 9.84 Å². The van der Waals surface area contributed by atoms with Crippen LogP contribution in [0.25, 0.3) is 33.5 Å². The van der Waals surface area contributed by atoms with E-state index in [0.29, 0.717) is 6.04 Å². The molecule has 0 aliphatic carbocycles. The van der Waals surface area contributed by atoms with Gasteiger partial charge in [-0.25, -0.2) is 18.4 Å². The summed E-state index contributed by atoms with van der Waals surface area (Å²) in [5.74, 6) is 1.52. The van der Waals surface area contributed by atoms with E-state index in [1.54, 1.807) is 12.1 Å². The Hall–Kier alpha value is -4.25. The lowest BCUT2D eigenvalue weighted by atomic mass is 10.0. The number of sulfone groups is 1. The summed E-state index contributed by atoms with van der Waals surface area (Å²) in [7, 11) is -1.29. The number of piperazine rings is 1. The molecule has 2 saturated heterocycles. The Bertz CT molecular complexity index is 1990. The maximum Gasteiger partial charge on any atom is 0.175 e. The molecule has 5 aromatic rings. The van der Waals surface area contributed by atoms with E-state index in [-0.39, 0.29) is 4.90 Å². The molecule has 2 aromatic heterocycles. The number of benzene rings is 3. The number of hydrogen-bond acceptors (Lipinski definition) is 8. The predicted octanol–water partition coefficient (Wildman–Crippen LogP) is 6.37. The van der Waals surface area contributed by atoms with Crippen LogP contribution >= 0.6 is 0 Å². The molecule has 0 unspecified atom stereocenters. The highest BCUT2D eigenvalue weighted by Gasteiger charge is 2.25. The van der Waals surface area contributed by atoms with E-state index in [0.717, 1.165) is 109 Å². The van der Waals surface area contributed by atoms with Crippen molar-refractivity contribution in [2.24, 2.45) is 7.05 Å². The molecule has 2 aliphatic rings. The Kier molecular flexibility index (Phi) is 8.50. The fourth-order valence-corrected chi connectivity index (χ4v) is 7.59. The third-order valence-electron chi connectivity index (χ3n) is 9.47. The SMILES string of the molecule is Cc1cc(C)nc(Nc2cc(-c3ccc(N4CCN(C5CCOCC5)CC4)cc3)cc3c2nc(-c2ccc(S(C)(=O)=O)cc2)n3C)c1. The van der Waals surface area contributed by atoms with Gasteiger partial charge in [-0.1, -0.05) is 12.1 Å². The predicted molar refractivity (Wildman–Crippen MR) is 189 cm³/mol. The molecule has 9 nitrogen and oxygen atoms in total. The number of aryl methyl sites for hydroxylation is 3. The van der Waals surface area contributed by atoms with E-state index >= 15 is 0 Å². The van der Waals surface area contributed by atoms with Gasteiger partial charge in [0.05, 0.1) is 16.1 Å². The van der Waals surface area contributed by atoms with Crippen LogP contribution in [0.2, 0.25) is 0 Å². The van der Waals surface area contributed by atoms with Crippen LogP contribution in [0.5, 0.6) is 0 Å². The third kappa shape index (κ3) is 6.63. The highest BCUT2D eigenvalue weighted by molar-refractivity contribution is 7.90. The second-order valence-corrected chi connectivity index (χ2v) is 14.9. The molecular formula is C37H42N6O3S. The molecule has 7 rings (SSSR count). The van der Waals surface area contributed by atoms with Crippen molar-refractivity contribution in [1.82, 2.24) is 19.4 Å². The van der Waals surface area contributed by atoms with Crippen molar-refractivity contribution in [2.45, 2.75) is 37.6 Å². The van der Waals surface area contributed by atoms with Crippen molar-refractivity contribution in [3.63, 3.8) is 0 Å². The number of nitrogens with zero attached hydrogens (tertiary/aromatic N) is 5. The first kappa shape index (κ1) is 31.4. The zero-order valence-corrected chi connectivity index (χ0v) is 28.3. The minimum absolute atomic E-state index is 0.287. The second kappa shape index (κ2) is 12.7. The van der Waals surface area contributed by atoms with Crippen molar-refractivity contribution in [2.75, 3.05) is 55.9 Å². The summed E-state index contributed by atoms with van der Waals surface area (Å²) in [4.78, 5) is 15.2. The Morgan fingerprint density at radius 1 is 0.809 bits per heavy atom. The standard InChI is InChI=1S/C37H42N6O3S/c1-25-21-26(2)38-35(22-25)39-33-23-29(24-34-36(33)40-37(41(34)3)28-7-11-32(12-8-28)47(4,44)45)27-5-9-30(10-6-27)42-15-17-43(18-16-42)31-13-19-46-20-14-31/h5-12,21-24,31H,13-20H2,1-4H3,(H,38,39). The van der Waals surface area contributed by atoms with Crippen molar-refractivity contribution < 1.29 is 13.2 Å². The summed E-state index contributed by atoms with van der Waals surface area (Å²) >= 11 is 0. The highest BCUT2D eigenvalue weighted by atomic mass is 32.2. The average Bonchev–Trinajstić information content (AvgIpc) is 3.41. The molecule has 0 radical (unpaired) electrons. The van der Waals surface area contributed by atoms with Crippen molar-refractivity contribution >= 4 is 38.1 Å². The Morgan fingerprint density at radius 2 is 1.49 bits per heavy atom. The van der Waals surface area contributed by atoms with Crippen LogP contribution in [0.3, 0.4) is 0 Å². The second-order valence-electron chi connectivity index (χ2n) is 12.9. The number of fused-ring (bicyclic) bond motifs is 1. The Morgan fingerprint density at radius 3 is 2.15 bits per heavy atom. The Labute approximate surface area is 277 Å². The van der Waals surface area contributed by atoms with Gasteiger partial charge in [-0.3, -0.25) is 4.90 Å². The number of hydrogen-bond donors (Lipinski definition) is 1. The molecule has 10 heteroatoms. The van der Waals surface area contributed by atoms with Crippen LogP contribution in [-0.4, -0.2) is 79.5 Å². The third-order valence-corrected chi connectivity index (χ3v) is 10.6. The van der Waals surface area contributed by atoms with Gasteiger partial charge in [-0.05, 0) is 104 Å². The fraction of sp³-hybridized carbons (Fsp3) is 0.351. The van der Waals surface area contributed by atoms with Gasteiger partial charge in [0.2, 0.25) is 0 Å². The molecule has 2 aliphatic heterocycles. The lowest BCUT2D eigenvalue weighted by molar-refractivity contribution is 0.0321. The number of rotatable bonds is 7. The van der Waals surface area contributed by atoms with E-state index in [2.05, 4.69) is 69.1 Å². The average molecular weight is 651 g/mol. The normalized spacial score (nSPS) is 16.6. The lowest BCUT2D eigenvalue weighted by Crippen LogP contribution is -2.51. The van der Waals surface area contributed by atoms with E-state index in [1.807, 2.05) is 32.2 Å². The Balaban J connectivity index is 1.21. The number of aromatic nitrogens is 3. The number of ether oxygens (including phenoxy) is 1. The maximum atomic E-state index is 12.1. The van der Waals surface area contributed by atoms with Gasteiger partial charge < -0.3 is 19.5 Å². The molecule has 0 atom stereocenters. The molecule has 0 bridgehead atoms. The van der Waals surface area contributed by atoms with Crippen LogP contribution in [-0.2, 0) is 21.6 Å². The molecule has 2 fully saturated rings. The van der Waals surface area contributed by atoms with Gasteiger partial charge in [0.1, 0.15) is 17.2 Å². The van der Waals surface area contributed by atoms with Gasteiger partial charge >= 0.3 is 0 Å². The zero-order chi connectivity index (χ0) is 32.7. The van der Waals surface area contributed by atoms with Crippen LogP contribution in [0, 0.1) is 13.8 Å². The summed E-state index contributed by atoms with van der Waals surface area (Å²) in [5, 5.41) is 3.57. The molecule has 244 valence electrons. The van der Waals surface area contributed by atoms with E-state index in [9.17, 15) is 8.42 Å². The van der Waals surface area contributed by atoms with Gasteiger partial charge in [-0.2, -0.15) is 0 Å². The van der Waals surface area contributed by atoms with Gasteiger partial charge in [0, 0.05) is 75.7 Å². The molecule has 3 aromatic carbocycles. The summed E-state index contributed by atoms with van der Waals surface area (Å²) in [6.45, 7) is 10.1. The quantitative estimate of drug-likeness (QED) is 0.217. The number of pyridine rings is 1. The molecule has 4 heterocycles. The van der Waals surface area contributed by atoms with Gasteiger partial charge in [-0.15, -0.1) is 0 Å². The smallest absolute Gasteiger partial charge is 0.175 e. The largest absolute Gasteiger partial charge is 0.381 e. The first-order valence-electron chi connectivity index (χ1n) is 16.3. The number of imidazole rings is 1. The summed E-state index contributed by atoms with van der Waals surface area (Å²) in [6.07, 6.45) is 3.50. The molecule has 1 N–H and O–H groups in total. The monoisotopic (exact) mass is 650 g/mol. The van der Waals surface area contributed by atoms with Crippen molar-refractivity contribution in [3.8, 4) is 22.5 Å². The first-order valence-corrected chi connectivity index (χ1v) is 18.2. The van der Waals surface area contributed by atoms with Crippen LogP contribution < -0.4 is 10.2 Å². The van der Waals surface area contributed by atoms with Crippen LogP contribution in [0.4, 0.5) is 17.2 Å². The van der Waals surface area contributed by atoms with E-state index in [4.69, 9.17) is 14.7 Å². The minimum atomic E-state index is -3.29.